The van der Waals surface area contributed by atoms with Gasteiger partial charge in [0.2, 0.25) is 11.8 Å². The van der Waals surface area contributed by atoms with Crippen molar-refractivity contribution in [1.82, 2.24) is 16.0 Å². The van der Waals surface area contributed by atoms with Crippen molar-refractivity contribution in [2.45, 2.75) is 57.8 Å². The topological polar surface area (TPSA) is 186 Å². The molecule has 1 unspecified atom stereocenters. The minimum atomic E-state index is -1.10. The maximum Gasteiger partial charge on any atom is 0.407 e. The fourth-order valence-corrected chi connectivity index (χ4v) is 5.88. The normalized spacial score (nSPS) is 12.5. The third-order valence-electron chi connectivity index (χ3n) is 8.56. The predicted molar refractivity (Wildman–Crippen MR) is 213 cm³/mol. The summed E-state index contributed by atoms with van der Waals surface area (Å²) in [6.45, 7) is 6.88. The Bertz CT molecular complexity index is 1720. The molecule has 0 bridgehead atoms. The molecule has 0 heterocycles. The summed E-state index contributed by atoms with van der Waals surface area (Å²) >= 11 is 0. The zero-order chi connectivity index (χ0) is 41.6. The third kappa shape index (κ3) is 16.6. The zero-order valence-corrected chi connectivity index (χ0v) is 33.5. The van der Waals surface area contributed by atoms with E-state index in [4.69, 9.17) is 33.2 Å². The summed E-state index contributed by atoms with van der Waals surface area (Å²) in [5, 5.41) is 7.99. The van der Waals surface area contributed by atoms with Gasteiger partial charge in [0, 0.05) is 25.4 Å². The molecule has 314 valence electrons. The van der Waals surface area contributed by atoms with Crippen LogP contribution in [0.3, 0.4) is 0 Å². The van der Waals surface area contributed by atoms with Crippen molar-refractivity contribution >= 4 is 29.8 Å². The second-order valence-corrected chi connectivity index (χ2v) is 14.3. The number of rotatable bonds is 25. The minimum absolute atomic E-state index is 0.00381. The van der Waals surface area contributed by atoms with Gasteiger partial charge in [-0.05, 0) is 55.0 Å². The lowest BCUT2D eigenvalue weighted by atomic mass is 9.98. The van der Waals surface area contributed by atoms with Crippen LogP contribution in [0.15, 0.2) is 78.9 Å². The van der Waals surface area contributed by atoms with Crippen molar-refractivity contribution in [1.29, 1.82) is 0 Å². The van der Waals surface area contributed by atoms with Gasteiger partial charge in [-0.1, -0.05) is 78.9 Å². The van der Waals surface area contributed by atoms with Gasteiger partial charge in [-0.25, -0.2) is 14.4 Å². The van der Waals surface area contributed by atoms with E-state index in [1.165, 1.54) is 0 Å². The van der Waals surface area contributed by atoms with Gasteiger partial charge in [0.05, 0.1) is 39.6 Å². The first kappa shape index (κ1) is 45.4. The van der Waals surface area contributed by atoms with E-state index in [1.54, 1.807) is 20.8 Å². The highest BCUT2D eigenvalue weighted by atomic mass is 16.6. The average molecular weight is 806 g/mol. The molecule has 1 aliphatic carbocycles. The van der Waals surface area contributed by atoms with Gasteiger partial charge in [0.25, 0.3) is 0 Å². The minimum Gasteiger partial charge on any atom is -0.459 e. The fourth-order valence-electron chi connectivity index (χ4n) is 5.88. The summed E-state index contributed by atoms with van der Waals surface area (Å²) < 4.78 is 37.7. The molecular weight excluding hydrogens is 750 g/mol. The molecule has 1 aliphatic rings. The van der Waals surface area contributed by atoms with Gasteiger partial charge in [-0.3, -0.25) is 9.59 Å². The van der Waals surface area contributed by atoms with Crippen LogP contribution in [-0.4, -0.2) is 114 Å². The second-order valence-electron chi connectivity index (χ2n) is 14.3. The lowest BCUT2D eigenvalue weighted by Gasteiger charge is -2.24. The average Bonchev–Trinajstić information content (AvgIpc) is 3.52. The van der Waals surface area contributed by atoms with Crippen LogP contribution in [0.25, 0.3) is 11.1 Å². The van der Waals surface area contributed by atoms with E-state index < -0.39 is 29.7 Å². The molecule has 15 nitrogen and oxygen atoms in total. The Balaban J connectivity index is 1.01. The first-order chi connectivity index (χ1) is 28.0. The highest BCUT2D eigenvalue weighted by Crippen LogP contribution is 2.44. The summed E-state index contributed by atoms with van der Waals surface area (Å²) in [7, 11) is 0. The van der Waals surface area contributed by atoms with E-state index in [2.05, 4.69) is 16.0 Å². The maximum atomic E-state index is 13.0. The molecular formula is C43H55N3O12. The molecule has 4 rings (SSSR count). The molecule has 1 atom stereocenters. The molecule has 58 heavy (non-hydrogen) atoms. The molecule has 3 amide bonds. The molecule has 0 saturated heterocycles. The lowest BCUT2D eigenvalue weighted by Crippen LogP contribution is -2.45. The standard InChI is InChI=1S/C43H55N3O12/c1-43(2,3)58-41(50)37(46-42(51)57-28-36-34-15-9-7-13-32(34)33-14-8-10-16-35(33)36)17-18-38(47)44-19-21-52-23-25-54-29-39(48)45-20-22-53-24-26-55-30-40(49)56-27-31-11-5-4-6-12-31/h4-16,36-37H,17-30H2,1-3H3,(H,44,47)(H,45,48)(H,46,51). The third-order valence-corrected chi connectivity index (χ3v) is 8.56. The number of hydrogen-bond acceptors (Lipinski definition) is 12. The van der Waals surface area contributed by atoms with Gasteiger partial charge in [-0.15, -0.1) is 0 Å². The molecule has 0 saturated carbocycles. The van der Waals surface area contributed by atoms with Gasteiger partial charge in [-0.2, -0.15) is 0 Å². The summed E-state index contributed by atoms with van der Waals surface area (Å²) in [4.78, 5) is 62.2. The van der Waals surface area contributed by atoms with E-state index >= 15 is 0 Å². The van der Waals surface area contributed by atoms with E-state index in [9.17, 15) is 24.0 Å². The number of carbonyl (C=O) groups excluding carboxylic acids is 5. The van der Waals surface area contributed by atoms with Crippen molar-refractivity contribution in [3.8, 4) is 11.1 Å². The van der Waals surface area contributed by atoms with Crippen LogP contribution in [0.4, 0.5) is 4.79 Å². The van der Waals surface area contributed by atoms with Crippen LogP contribution in [0, 0.1) is 0 Å². The summed E-state index contributed by atoms with van der Waals surface area (Å²) in [6.07, 6.45) is -0.845. The maximum absolute atomic E-state index is 13.0. The Morgan fingerprint density at radius 3 is 1.81 bits per heavy atom. The molecule has 3 aromatic rings. The number of amides is 3. The summed E-state index contributed by atoms with van der Waals surface area (Å²) in [6, 6.07) is 24.2. The van der Waals surface area contributed by atoms with Crippen LogP contribution < -0.4 is 16.0 Å². The number of alkyl carbamates (subject to hydrolysis) is 1. The second kappa shape index (κ2) is 24.4. The Morgan fingerprint density at radius 2 is 1.19 bits per heavy atom. The molecule has 0 spiro atoms. The van der Waals surface area contributed by atoms with Crippen molar-refractivity contribution in [3.63, 3.8) is 0 Å². The number of hydrogen-bond donors (Lipinski definition) is 3. The lowest BCUT2D eigenvalue weighted by molar-refractivity contribution is -0.157. The van der Waals surface area contributed by atoms with Gasteiger partial charge in [0.1, 0.15) is 38.1 Å². The molecule has 0 fully saturated rings. The molecule has 0 aliphatic heterocycles. The van der Waals surface area contributed by atoms with Crippen LogP contribution in [0.2, 0.25) is 0 Å². The Morgan fingerprint density at radius 1 is 0.638 bits per heavy atom. The summed E-state index contributed by atoms with van der Waals surface area (Å²) in [5.41, 5.74) is 4.41. The molecule has 15 heteroatoms. The highest BCUT2D eigenvalue weighted by Gasteiger charge is 2.31. The Kier molecular flexibility index (Phi) is 19.1. The van der Waals surface area contributed by atoms with Crippen molar-refractivity contribution < 1.29 is 57.1 Å². The Labute approximate surface area is 339 Å². The molecule has 3 aromatic carbocycles. The van der Waals surface area contributed by atoms with Crippen LogP contribution >= 0.6 is 0 Å². The van der Waals surface area contributed by atoms with Gasteiger partial charge < -0.3 is 49.1 Å². The first-order valence-corrected chi connectivity index (χ1v) is 19.4. The highest BCUT2D eigenvalue weighted by molar-refractivity contribution is 5.83. The quantitative estimate of drug-likeness (QED) is 0.0635. The number of carbonyl (C=O) groups is 5. The van der Waals surface area contributed by atoms with Crippen molar-refractivity contribution in [2.24, 2.45) is 0 Å². The van der Waals surface area contributed by atoms with E-state index in [0.717, 1.165) is 27.8 Å². The summed E-state index contributed by atoms with van der Waals surface area (Å²) in [5.74, 6) is -1.93. The van der Waals surface area contributed by atoms with Crippen LogP contribution in [-0.2, 0) is 58.9 Å². The largest absolute Gasteiger partial charge is 0.459 e. The smallest absolute Gasteiger partial charge is 0.407 e. The first-order valence-electron chi connectivity index (χ1n) is 19.4. The van der Waals surface area contributed by atoms with Gasteiger partial charge >= 0.3 is 18.0 Å². The zero-order valence-electron chi connectivity index (χ0n) is 33.5. The number of fused-ring (bicyclic) bond motifs is 3. The monoisotopic (exact) mass is 805 g/mol. The fraction of sp³-hybridized carbons (Fsp3) is 0.465. The SMILES string of the molecule is CC(C)(C)OC(=O)C(CCC(=O)NCCOCCOCC(=O)NCCOCCOCC(=O)OCc1ccccc1)NC(=O)OCC1c2ccccc2-c2ccccc21. The van der Waals surface area contributed by atoms with E-state index in [0.29, 0.717) is 0 Å². The van der Waals surface area contributed by atoms with E-state index in [-0.39, 0.29) is 110 Å². The number of ether oxygens (including phenoxy) is 7. The number of esters is 2. The molecule has 3 N–H and O–H groups in total. The van der Waals surface area contributed by atoms with Crippen molar-refractivity contribution in [3.05, 3.63) is 95.6 Å². The van der Waals surface area contributed by atoms with Crippen molar-refractivity contribution in [2.75, 3.05) is 72.6 Å². The molecule has 0 aromatic heterocycles. The van der Waals surface area contributed by atoms with Gasteiger partial charge in [0.15, 0.2) is 0 Å². The van der Waals surface area contributed by atoms with Crippen LogP contribution in [0.1, 0.15) is 56.2 Å². The van der Waals surface area contributed by atoms with E-state index in [1.807, 2.05) is 78.9 Å². The Hall–Kier alpha value is -5.35. The number of nitrogens with one attached hydrogen (secondary N) is 3. The predicted octanol–water partition coefficient (Wildman–Crippen LogP) is 4.06. The van der Waals surface area contributed by atoms with Crippen LogP contribution in [0.5, 0.6) is 0 Å². The number of benzene rings is 3. The molecule has 0 radical (unpaired) electrons.